The molecule has 0 fully saturated rings. The average Bonchev–Trinajstić information content (AvgIpc) is 2.92. The van der Waals surface area contributed by atoms with Crippen LogP contribution in [-0.4, -0.2) is 31.0 Å². The fourth-order valence-electron chi connectivity index (χ4n) is 2.20. The highest BCUT2D eigenvalue weighted by molar-refractivity contribution is 7.16. The van der Waals surface area contributed by atoms with E-state index >= 15 is 0 Å². The van der Waals surface area contributed by atoms with Crippen molar-refractivity contribution in [2.75, 3.05) is 25.5 Å². The number of nitrogens with one attached hydrogen (secondary N) is 1. The number of anilines is 1. The van der Waals surface area contributed by atoms with Crippen molar-refractivity contribution in [2.45, 2.75) is 6.54 Å². The maximum absolute atomic E-state index is 12.4. The molecule has 2 aromatic rings. The molecule has 4 nitrogen and oxygen atoms in total. The molecule has 0 bridgehead atoms. The van der Waals surface area contributed by atoms with Crippen LogP contribution in [0.4, 0.5) is 5.69 Å². The molecule has 24 heavy (non-hydrogen) atoms. The molecule has 1 aromatic carbocycles. The van der Waals surface area contributed by atoms with E-state index in [1.807, 2.05) is 17.0 Å². The van der Waals surface area contributed by atoms with E-state index in [1.54, 1.807) is 31.4 Å². The number of hydrogen-bond acceptors (Lipinski definition) is 4. The summed E-state index contributed by atoms with van der Waals surface area (Å²) in [6, 6.07) is 8.90. The summed E-state index contributed by atoms with van der Waals surface area (Å²) in [5.74, 6) is 0.410. The van der Waals surface area contributed by atoms with Gasteiger partial charge in [0.05, 0.1) is 23.7 Å². The third-order valence-corrected chi connectivity index (χ3v) is 4.65. The van der Waals surface area contributed by atoms with Gasteiger partial charge in [-0.1, -0.05) is 29.3 Å². The van der Waals surface area contributed by atoms with Crippen LogP contribution in [0.3, 0.4) is 0 Å². The molecule has 1 aromatic heterocycles. The van der Waals surface area contributed by atoms with Crippen LogP contribution >= 0.6 is 34.5 Å². The minimum absolute atomic E-state index is 0.153. The van der Waals surface area contributed by atoms with Gasteiger partial charge in [-0.15, -0.1) is 17.9 Å². The summed E-state index contributed by atoms with van der Waals surface area (Å²) in [5.41, 5.74) is 0.549. The molecule has 0 atom stereocenters. The third kappa shape index (κ3) is 5.53. The fraction of sp³-hybridized carbons (Fsp3) is 0.235. The summed E-state index contributed by atoms with van der Waals surface area (Å²) in [7, 11) is 1.55. The van der Waals surface area contributed by atoms with Crippen molar-refractivity contribution in [1.82, 2.24) is 4.90 Å². The van der Waals surface area contributed by atoms with E-state index in [1.165, 1.54) is 11.3 Å². The van der Waals surface area contributed by atoms with Gasteiger partial charge in [-0.05, 0) is 30.3 Å². The molecule has 1 heterocycles. The van der Waals surface area contributed by atoms with E-state index < -0.39 is 0 Å². The summed E-state index contributed by atoms with van der Waals surface area (Å²) >= 11 is 13.4. The van der Waals surface area contributed by atoms with Crippen LogP contribution in [0.5, 0.6) is 5.75 Å². The van der Waals surface area contributed by atoms with Gasteiger partial charge in [-0.2, -0.15) is 0 Å². The Morgan fingerprint density at radius 2 is 2.17 bits per heavy atom. The average molecular weight is 385 g/mol. The highest BCUT2D eigenvalue weighted by Crippen LogP contribution is 2.27. The normalized spacial score (nSPS) is 10.7. The molecule has 0 aliphatic rings. The van der Waals surface area contributed by atoms with E-state index in [0.717, 1.165) is 9.21 Å². The van der Waals surface area contributed by atoms with Gasteiger partial charge in [0.15, 0.2) is 0 Å². The van der Waals surface area contributed by atoms with Gasteiger partial charge in [0, 0.05) is 23.0 Å². The first kappa shape index (κ1) is 18.8. The van der Waals surface area contributed by atoms with Crippen LogP contribution in [0.1, 0.15) is 4.88 Å². The van der Waals surface area contributed by atoms with Crippen molar-refractivity contribution in [3.8, 4) is 5.75 Å². The molecule has 2 rings (SSSR count). The first-order valence-electron chi connectivity index (χ1n) is 7.22. The fourth-order valence-corrected chi connectivity index (χ4v) is 3.50. The second kappa shape index (κ2) is 9.08. The summed E-state index contributed by atoms with van der Waals surface area (Å²) in [6.45, 7) is 5.18. The maximum atomic E-state index is 12.4. The van der Waals surface area contributed by atoms with Crippen molar-refractivity contribution >= 4 is 46.1 Å². The number of rotatable bonds is 8. The first-order valence-corrected chi connectivity index (χ1v) is 8.80. The molecule has 0 spiro atoms. The Bertz CT molecular complexity index is 718. The number of carbonyl (C=O) groups excluding carboxylic acids is 1. The topological polar surface area (TPSA) is 41.6 Å². The largest absolute Gasteiger partial charge is 0.495 e. The van der Waals surface area contributed by atoms with Gasteiger partial charge in [-0.25, -0.2) is 0 Å². The molecule has 0 aliphatic heterocycles. The zero-order chi connectivity index (χ0) is 17.5. The van der Waals surface area contributed by atoms with Gasteiger partial charge in [0.1, 0.15) is 5.75 Å². The molecule has 0 radical (unpaired) electrons. The van der Waals surface area contributed by atoms with Gasteiger partial charge in [-0.3, -0.25) is 9.69 Å². The third-order valence-electron chi connectivity index (χ3n) is 3.20. The van der Waals surface area contributed by atoms with Gasteiger partial charge < -0.3 is 10.1 Å². The Morgan fingerprint density at radius 3 is 2.79 bits per heavy atom. The molecule has 1 amide bonds. The lowest BCUT2D eigenvalue weighted by Gasteiger charge is -2.20. The van der Waals surface area contributed by atoms with Crippen LogP contribution in [0.2, 0.25) is 9.36 Å². The zero-order valence-corrected chi connectivity index (χ0v) is 15.5. The highest BCUT2D eigenvalue weighted by Gasteiger charge is 2.14. The number of carbonyl (C=O) groups is 1. The predicted octanol–water partition coefficient (Wildman–Crippen LogP) is 4.69. The van der Waals surface area contributed by atoms with E-state index in [4.69, 9.17) is 27.9 Å². The van der Waals surface area contributed by atoms with Crippen LogP contribution in [0, 0.1) is 0 Å². The number of ether oxygens (including phenoxy) is 1. The number of hydrogen-bond donors (Lipinski definition) is 1. The lowest BCUT2D eigenvalue weighted by atomic mass is 10.3. The van der Waals surface area contributed by atoms with E-state index in [-0.39, 0.29) is 12.5 Å². The minimum atomic E-state index is -0.153. The predicted molar refractivity (Wildman–Crippen MR) is 101 cm³/mol. The quantitative estimate of drug-likeness (QED) is 0.671. The molecule has 0 saturated carbocycles. The number of benzene rings is 1. The summed E-state index contributed by atoms with van der Waals surface area (Å²) in [6.07, 6.45) is 1.77. The Kier molecular flexibility index (Phi) is 7.12. The smallest absolute Gasteiger partial charge is 0.238 e. The molecule has 1 N–H and O–H groups in total. The van der Waals surface area contributed by atoms with Crippen molar-refractivity contribution < 1.29 is 9.53 Å². The van der Waals surface area contributed by atoms with E-state index in [0.29, 0.717) is 29.5 Å². The molecule has 0 unspecified atom stereocenters. The Labute approximate surface area is 155 Å². The summed E-state index contributed by atoms with van der Waals surface area (Å²) in [4.78, 5) is 15.4. The minimum Gasteiger partial charge on any atom is -0.495 e. The van der Waals surface area contributed by atoms with Crippen molar-refractivity contribution in [3.63, 3.8) is 0 Å². The molecule has 0 aliphatic carbocycles. The summed E-state index contributed by atoms with van der Waals surface area (Å²) < 4.78 is 5.97. The van der Waals surface area contributed by atoms with Crippen molar-refractivity contribution in [1.29, 1.82) is 0 Å². The van der Waals surface area contributed by atoms with Gasteiger partial charge in [0.25, 0.3) is 0 Å². The van der Waals surface area contributed by atoms with Crippen LogP contribution in [-0.2, 0) is 11.3 Å². The molecular formula is C17H18Cl2N2O2S. The van der Waals surface area contributed by atoms with Crippen LogP contribution in [0.25, 0.3) is 0 Å². The summed E-state index contributed by atoms with van der Waals surface area (Å²) in [5, 5.41) is 3.37. The maximum Gasteiger partial charge on any atom is 0.238 e. The molecule has 128 valence electrons. The van der Waals surface area contributed by atoms with Crippen molar-refractivity contribution in [3.05, 3.63) is 57.2 Å². The van der Waals surface area contributed by atoms with Crippen LogP contribution in [0.15, 0.2) is 43.0 Å². The lowest BCUT2D eigenvalue weighted by molar-refractivity contribution is -0.117. The SMILES string of the molecule is C=CCN(CC(=O)Nc1cc(Cl)ccc1OC)Cc1ccc(Cl)s1. The standard InChI is InChI=1S/C17H18Cl2N2O2S/c1-3-8-21(10-13-5-7-16(19)24-13)11-17(22)20-14-9-12(18)4-6-15(14)23-2/h3-7,9H,1,8,10-11H2,2H3,(H,20,22). The molecule has 0 saturated heterocycles. The highest BCUT2D eigenvalue weighted by atomic mass is 35.5. The Morgan fingerprint density at radius 1 is 1.38 bits per heavy atom. The monoisotopic (exact) mass is 384 g/mol. The second-order valence-electron chi connectivity index (χ2n) is 5.06. The lowest BCUT2D eigenvalue weighted by Crippen LogP contribution is -2.32. The second-order valence-corrected chi connectivity index (χ2v) is 7.29. The number of methoxy groups -OCH3 is 1. The Hall–Kier alpha value is -1.53. The van der Waals surface area contributed by atoms with Crippen molar-refractivity contribution in [2.24, 2.45) is 0 Å². The van der Waals surface area contributed by atoms with E-state index in [2.05, 4.69) is 11.9 Å². The zero-order valence-electron chi connectivity index (χ0n) is 13.2. The van der Waals surface area contributed by atoms with E-state index in [9.17, 15) is 4.79 Å². The number of nitrogens with zero attached hydrogens (tertiary/aromatic N) is 1. The number of halogens is 2. The first-order chi connectivity index (χ1) is 11.5. The van der Waals surface area contributed by atoms with Gasteiger partial charge in [0.2, 0.25) is 5.91 Å². The van der Waals surface area contributed by atoms with Gasteiger partial charge >= 0.3 is 0 Å². The van der Waals surface area contributed by atoms with Crippen LogP contribution < -0.4 is 10.1 Å². The molecular weight excluding hydrogens is 367 g/mol. The number of amides is 1. The number of thiophene rings is 1. The Balaban J connectivity index is 2.02. The molecule has 7 heteroatoms.